The fourth-order valence-electron chi connectivity index (χ4n) is 2.59. The van der Waals surface area contributed by atoms with Crippen LogP contribution < -0.4 is 5.32 Å². The van der Waals surface area contributed by atoms with Gasteiger partial charge in [-0.1, -0.05) is 23.7 Å². The summed E-state index contributed by atoms with van der Waals surface area (Å²) >= 11 is 5.94. The summed E-state index contributed by atoms with van der Waals surface area (Å²) in [4.78, 5) is 4.31. The molecule has 0 aliphatic carbocycles. The van der Waals surface area contributed by atoms with Crippen molar-refractivity contribution in [1.29, 1.82) is 0 Å². The van der Waals surface area contributed by atoms with E-state index in [2.05, 4.69) is 10.3 Å². The molecular formula is C15H17Cl2N3O2S. The van der Waals surface area contributed by atoms with Crippen molar-refractivity contribution in [3.05, 3.63) is 59.4 Å². The molecule has 8 heteroatoms. The van der Waals surface area contributed by atoms with Crippen LogP contribution in [0.1, 0.15) is 11.6 Å². The second-order valence-corrected chi connectivity index (χ2v) is 7.41. The Morgan fingerprint density at radius 3 is 2.78 bits per heavy atom. The average Bonchev–Trinajstić information content (AvgIpc) is 2.56. The summed E-state index contributed by atoms with van der Waals surface area (Å²) in [6.07, 6.45) is 3.38. The highest BCUT2D eigenvalue weighted by Crippen LogP contribution is 2.29. The first kappa shape index (κ1) is 18.2. The molecule has 5 nitrogen and oxygen atoms in total. The van der Waals surface area contributed by atoms with Gasteiger partial charge in [0.15, 0.2) is 0 Å². The first-order chi connectivity index (χ1) is 10.6. The van der Waals surface area contributed by atoms with Crippen LogP contribution in [0.3, 0.4) is 0 Å². The molecule has 2 heterocycles. The van der Waals surface area contributed by atoms with E-state index < -0.39 is 10.0 Å². The number of hydrogen-bond donors (Lipinski definition) is 1. The Hall–Kier alpha value is -1.18. The highest BCUT2D eigenvalue weighted by Gasteiger charge is 2.34. The van der Waals surface area contributed by atoms with Crippen molar-refractivity contribution in [3.63, 3.8) is 0 Å². The van der Waals surface area contributed by atoms with E-state index in [0.717, 1.165) is 5.56 Å². The summed E-state index contributed by atoms with van der Waals surface area (Å²) in [7, 11) is -3.60. The lowest BCUT2D eigenvalue weighted by molar-refractivity contribution is 0.271. The lowest BCUT2D eigenvalue weighted by Gasteiger charge is -2.35. The van der Waals surface area contributed by atoms with Gasteiger partial charge >= 0.3 is 0 Å². The van der Waals surface area contributed by atoms with Crippen LogP contribution in [0.5, 0.6) is 0 Å². The average molecular weight is 374 g/mol. The van der Waals surface area contributed by atoms with E-state index in [9.17, 15) is 8.42 Å². The van der Waals surface area contributed by atoms with Crippen LogP contribution in [-0.2, 0) is 10.0 Å². The monoisotopic (exact) mass is 373 g/mol. The SMILES string of the molecule is Cl.O=S(=O)(c1cccc(Cl)c1)N1CCNCC1c1cccnc1. The van der Waals surface area contributed by atoms with E-state index in [1.807, 2.05) is 12.1 Å². The number of nitrogens with zero attached hydrogens (tertiary/aromatic N) is 2. The van der Waals surface area contributed by atoms with Gasteiger partial charge in [0.05, 0.1) is 10.9 Å². The van der Waals surface area contributed by atoms with Gasteiger partial charge in [0.25, 0.3) is 0 Å². The molecule has 1 aromatic carbocycles. The highest BCUT2D eigenvalue weighted by atomic mass is 35.5. The van der Waals surface area contributed by atoms with Crippen LogP contribution >= 0.6 is 24.0 Å². The molecule has 0 saturated carbocycles. The molecule has 0 bridgehead atoms. The number of benzene rings is 1. The van der Waals surface area contributed by atoms with Crippen molar-refractivity contribution in [2.75, 3.05) is 19.6 Å². The van der Waals surface area contributed by atoms with Crippen molar-refractivity contribution in [2.45, 2.75) is 10.9 Å². The Morgan fingerprint density at radius 2 is 2.09 bits per heavy atom. The molecule has 1 saturated heterocycles. The fourth-order valence-corrected chi connectivity index (χ4v) is 4.51. The molecule has 1 fully saturated rings. The van der Waals surface area contributed by atoms with Crippen LogP contribution in [0.4, 0.5) is 0 Å². The topological polar surface area (TPSA) is 62.3 Å². The third kappa shape index (κ3) is 3.84. The first-order valence-electron chi connectivity index (χ1n) is 6.97. The Bertz CT molecular complexity index is 756. The van der Waals surface area contributed by atoms with Crippen molar-refractivity contribution < 1.29 is 8.42 Å². The third-order valence-corrected chi connectivity index (χ3v) is 5.81. The quantitative estimate of drug-likeness (QED) is 0.897. The summed E-state index contributed by atoms with van der Waals surface area (Å²) < 4.78 is 27.4. The van der Waals surface area contributed by atoms with E-state index in [1.165, 1.54) is 10.4 Å². The molecule has 2 aromatic rings. The van der Waals surface area contributed by atoms with E-state index in [-0.39, 0.29) is 23.3 Å². The maximum atomic E-state index is 12.9. The number of rotatable bonds is 3. The predicted molar refractivity (Wildman–Crippen MR) is 92.4 cm³/mol. The number of piperazine rings is 1. The minimum Gasteiger partial charge on any atom is -0.313 e. The molecule has 1 aromatic heterocycles. The van der Waals surface area contributed by atoms with Gasteiger partial charge in [-0.25, -0.2) is 8.42 Å². The predicted octanol–water partition coefficient (Wildman–Crippen LogP) is 2.49. The number of aromatic nitrogens is 1. The number of hydrogen-bond acceptors (Lipinski definition) is 4. The summed E-state index contributed by atoms with van der Waals surface area (Å²) in [5, 5.41) is 3.65. The van der Waals surface area contributed by atoms with E-state index in [0.29, 0.717) is 24.7 Å². The lowest BCUT2D eigenvalue weighted by atomic mass is 10.1. The van der Waals surface area contributed by atoms with Gasteiger partial charge in [0.1, 0.15) is 0 Å². The van der Waals surface area contributed by atoms with Gasteiger partial charge in [0, 0.05) is 37.1 Å². The number of sulfonamides is 1. The molecule has 3 rings (SSSR count). The second-order valence-electron chi connectivity index (χ2n) is 5.08. The van der Waals surface area contributed by atoms with Crippen LogP contribution in [0, 0.1) is 0 Å². The van der Waals surface area contributed by atoms with Crippen LogP contribution in [0.25, 0.3) is 0 Å². The normalized spacial score (nSPS) is 19.1. The Labute approximate surface area is 147 Å². The molecule has 1 unspecified atom stereocenters. The van der Waals surface area contributed by atoms with Crippen LogP contribution in [-0.4, -0.2) is 37.3 Å². The number of pyridine rings is 1. The zero-order valence-corrected chi connectivity index (χ0v) is 14.6. The van der Waals surface area contributed by atoms with Crippen molar-refractivity contribution in [2.24, 2.45) is 0 Å². The van der Waals surface area contributed by atoms with Crippen molar-refractivity contribution in [1.82, 2.24) is 14.6 Å². The zero-order valence-electron chi connectivity index (χ0n) is 12.2. The van der Waals surface area contributed by atoms with Crippen LogP contribution in [0.15, 0.2) is 53.7 Å². The summed E-state index contributed by atoms with van der Waals surface area (Å²) in [5.41, 5.74) is 0.875. The van der Waals surface area contributed by atoms with Gasteiger partial charge in [0.2, 0.25) is 10.0 Å². The van der Waals surface area contributed by atoms with Gasteiger partial charge in [-0.3, -0.25) is 4.98 Å². The Kier molecular flexibility index (Phi) is 6.00. The van der Waals surface area contributed by atoms with Gasteiger partial charge in [-0.15, -0.1) is 12.4 Å². The van der Waals surface area contributed by atoms with E-state index in [1.54, 1.807) is 30.6 Å². The molecular weight excluding hydrogens is 357 g/mol. The first-order valence-corrected chi connectivity index (χ1v) is 8.79. The van der Waals surface area contributed by atoms with E-state index in [4.69, 9.17) is 11.6 Å². The molecule has 0 spiro atoms. The second kappa shape index (κ2) is 7.59. The molecule has 124 valence electrons. The fraction of sp³-hybridized carbons (Fsp3) is 0.267. The van der Waals surface area contributed by atoms with Crippen LogP contribution in [0.2, 0.25) is 5.02 Å². The molecule has 1 aliphatic rings. The zero-order chi connectivity index (χ0) is 15.6. The third-order valence-electron chi connectivity index (χ3n) is 3.67. The Morgan fingerprint density at radius 1 is 1.26 bits per heavy atom. The summed E-state index contributed by atoms with van der Waals surface area (Å²) in [6.45, 7) is 1.59. The van der Waals surface area contributed by atoms with Crippen molar-refractivity contribution >= 4 is 34.0 Å². The molecule has 0 radical (unpaired) electrons. The molecule has 1 N–H and O–H groups in total. The minimum atomic E-state index is -3.60. The van der Waals surface area contributed by atoms with Gasteiger partial charge in [-0.2, -0.15) is 4.31 Å². The maximum Gasteiger partial charge on any atom is 0.243 e. The molecule has 0 amide bonds. The number of halogens is 2. The Balaban J connectivity index is 0.00000192. The summed E-state index contributed by atoms with van der Waals surface area (Å²) in [5.74, 6) is 0. The van der Waals surface area contributed by atoms with Gasteiger partial charge < -0.3 is 5.32 Å². The number of nitrogens with one attached hydrogen (secondary N) is 1. The lowest BCUT2D eigenvalue weighted by Crippen LogP contribution is -2.48. The maximum absolute atomic E-state index is 12.9. The highest BCUT2D eigenvalue weighted by molar-refractivity contribution is 7.89. The molecule has 23 heavy (non-hydrogen) atoms. The standard InChI is InChI=1S/C15H16ClN3O2S.ClH/c16-13-4-1-5-14(9-13)22(20,21)19-8-7-18-11-15(19)12-3-2-6-17-10-12;/h1-6,9-10,15,18H,7-8,11H2;1H. The van der Waals surface area contributed by atoms with Crippen molar-refractivity contribution in [3.8, 4) is 0 Å². The minimum absolute atomic E-state index is 0. The van der Waals surface area contributed by atoms with E-state index >= 15 is 0 Å². The smallest absolute Gasteiger partial charge is 0.243 e. The molecule has 1 atom stereocenters. The summed E-state index contributed by atoms with van der Waals surface area (Å²) in [6, 6.07) is 9.81. The van der Waals surface area contributed by atoms with Gasteiger partial charge in [-0.05, 0) is 29.8 Å². The largest absolute Gasteiger partial charge is 0.313 e. The molecule has 1 aliphatic heterocycles.